The highest BCUT2D eigenvalue weighted by molar-refractivity contribution is 9.11. The largest absolute Gasteiger partial charge is 0.374 e. The van der Waals surface area contributed by atoms with Crippen molar-refractivity contribution in [2.24, 2.45) is 0 Å². The summed E-state index contributed by atoms with van der Waals surface area (Å²) in [6, 6.07) is 4.76. The molecule has 2 rings (SSSR count). The van der Waals surface area contributed by atoms with E-state index in [0.29, 0.717) is 6.04 Å². The molecule has 1 aliphatic heterocycles. The normalized spacial score (nSPS) is 21.6. The molecule has 4 heteroatoms. The summed E-state index contributed by atoms with van der Waals surface area (Å²) in [4.78, 5) is 1.29. The van der Waals surface area contributed by atoms with E-state index < -0.39 is 0 Å². The number of hydrogen-bond acceptors (Lipinski definition) is 3. The van der Waals surface area contributed by atoms with Crippen LogP contribution in [0.3, 0.4) is 0 Å². The van der Waals surface area contributed by atoms with Crippen molar-refractivity contribution >= 4 is 27.3 Å². The van der Waals surface area contributed by atoms with E-state index in [9.17, 15) is 0 Å². The molecule has 14 heavy (non-hydrogen) atoms. The summed E-state index contributed by atoms with van der Waals surface area (Å²) >= 11 is 5.18. The fourth-order valence-corrected chi connectivity index (χ4v) is 3.05. The third-order valence-corrected chi connectivity index (χ3v) is 3.95. The van der Waals surface area contributed by atoms with Crippen molar-refractivity contribution in [1.82, 2.24) is 5.32 Å². The van der Waals surface area contributed by atoms with Crippen LogP contribution in [-0.4, -0.2) is 19.2 Å². The maximum absolute atomic E-state index is 5.64. The van der Waals surface area contributed by atoms with Crippen molar-refractivity contribution in [2.75, 3.05) is 13.2 Å². The third-order valence-electron chi connectivity index (χ3n) is 2.35. The van der Waals surface area contributed by atoms with Gasteiger partial charge in [-0.25, -0.2) is 0 Å². The topological polar surface area (TPSA) is 21.3 Å². The second kappa shape index (κ2) is 5.26. The summed E-state index contributed by atoms with van der Waals surface area (Å²) in [7, 11) is 0. The fourth-order valence-electron chi connectivity index (χ4n) is 1.63. The molecule has 1 N–H and O–H groups in total. The van der Waals surface area contributed by atoms with Gasteiger partial charge in [0.1, 0.15) is 0 Å². The summed E-state index contributed by atoms with van der Waals surface area (Å²) in [6.45, 7) is 2.74. The summed E-state index contributed by atoms with van der Waals surface area (Å²) in [5, 5.41) is 3.42. The van der Waals surface area contributed by atoms with Crippen molar-refractivity contribution in [3.8, 4) is 0 Å². The Morgan fingerprint density at radius 1 is 1.57 bits per heavy atom. The highest BCUT2D eigenvalue weighted by Crippen LogP contribution is 2.22. The first-order valence-electron chi connectivity index (χ1n) is 4.90. The first-order valence-corrected chi connectivity index (χ1v) is 6.51. The summed E-state index contributed by atoms with van der Waals surface area (Å²) in [5.74, 6) is 0. The number of halogens is 1. The van der Waals surface area contributed by atoms with Crippen molar-refractivity contribution in [3.63, 3.8) is 0 Å². The highest BCUT2D eigenvalue weighted by Gasteiger charge is 2.13. The Kier molecular flexibility index (Phi) is 3.99. The molecular weight excluding hydrogens is 262 g/mol. The molecule has 1 aromatic heterocycles. The van der Waals surface area contributed by atoms with Crippen LogP contribution in [-0.2, 0) is 11.3 Å². The molecule has 1 unspecified atom stereocenters. The van der Waals surface area contributed by atoms with E-state index in [4.69, 9.17) is 4.74 Å². The van der Waals surface area contributed by atoms with Crippen molar-refractivity contribution < 1.29 is 4.74 Å². The van der Waals surface area contributed by atoms with Crippen LogP contribution in [0.4, 0.5) is 0 Å². The van der Waals surface area contributed by atoms with Crippen LogP contribution < -0.4 is 5.32 Å². The summed E-state index contributed by atoms with van der Waals surface area (Å²) in [5.41, 5.74) is 0. The van der Waals surface area contributed by atoms with Crippen LogP contribution in [0.15, 0.2) is 15.9 Å². The van der Waals surface area contributed by atoms with Gasteiger partial charge in [-0.3, -0.25) is 0 Å². The van der Waals surface area contributed by atoms with Gasteiger partial charge in [-0.1, -0.05) is 0 Å². The number of nitrogens with one attached hydrogen (secondary N) is 1. The fraction of sp³-hybridized carbons (Fsp3) is 0.600. The SMILES string of the molecule is Brc1ccc(COCC2CCCN2)s1. The molecule has 1 aliphatic rings. The van der Waals surface area contributed by atoms with Crippen LogP contribution in [0.5, 0.6) is 0 Å². The lowest BCUT2D eigenvalue weighted by atomic mass is 10.2. The van der Waals surface area contributed by atoms with Crippen LogP contribution in [0.2, 0.25) is 0 Å². The molecule has 1 fully saturated rings. The Bertz CT molecular complexity index is 283. The molecule has 0 aliphatic carbocycles. The maximum atomic E-state index is 5.64. The number of rotatable bonds is 4. The zero-order valence-corrected chi connectivity index (χ0v) is 10.4. The Morgan fingerprint density at radius 3 is 3.14 bits per heavy atom. The quantitative estimate of drug-likeness (QED) is 0.913. The monoisotopic (exact) mass is 275 g/mol. The zero-order valence-electron chi connectivity index (χ0n) is 7.96. The predicted molar refractivity (Wildman–Crippen MR) is 62.7 cm³/mol. The summed E-state index contributed by atoms with van der Waals surface area (Å²) in [6.07, 6.45) is 2.55. The average molecular weight is 276 g/mol. The Balaban J connectivity index is 1.67. The van der Waals surface area contributed by atoms with E-state index in [1.807, 2.05) is 0 Å². The van der Waals surface area contributed by atoms with E-state index in [2.05, 4.69) is 33.4 Å². The molecule has 0 amide bonds. The van der Waals surface area contributed by atoms with Gasteiger partial charge in [-0.05, 0) is 47.4 Å². The van der Waals surface area contributed by atoms with E-state index in [1.165, 1.54) is 21.5 Å². The average Bonchev–Trinajstić information content (AvgIpc) is 2.77. The van der Waals surface area contributed by atoms with Gasteiger partial charge in [0.2, 0.25) is 0 Å². The Morgan fingerprint density at radius 2 is 2.50 bits per heavy atom. The molecule has 2 heterocycles. The lowest BCUT2D eigenvalue weighted by Crippen LogP contribution is -2.26. The van der Waals surface area contributed by atoms with Crippen LogP contribution in [0.25, 0.3) is 0 Å². The number of thiophene rings is 1. The minimum atomic E-state index is 0.582. The molecule has 2 nitrogen and oxygen atoms in total. The second-order valence-electron chi connectivity index (χ2n) is 3.51. The predicted octanol–water partition coefficient (Wildman–Crippen LogP) is 2.78. The molecule has 1 aromatic rings. The second-order valence-corrected chi connectivity index (χ2v) is 6.06. The lowest BCUT2D eigenvalue weighted by molar-refractivity contribution is 0.105. The van der Waals surface area contributed by atoms with Crippen molar-refractivity contribution in [2.45, 2.75) is 25.5 Å². The molecular formula is C10H14BrNOS. The van der Waals surface area contributed by atoms with Crippen LogP contribution in [0, 0.1) is 0 Å². The van der Waals surface area contributed by atoms with Gasteiger partial charge >= 0.3 is 0 Å². The van der Waals surface area contributed by atoms with Gasteiger partial charge in [0.25, 0.3) is 0 Å². The molecule has 1 saturated heterocycles. The first kappa shape index (κ1) is 10.6. The van der Waals surface area contributed by atoms with Crippen LogP contribution >= 0.6 is 27.3 Å². The standard InChI is InChI=1S/C10H14BrNOS/c11-10-4-3-9(14-10)7-13-6-8-2-1-5-12-8/h3-4,8,12H,1-2,5-7H2. The molecule has 0 aromatic carbocycles. The number of hydrogen-bond donors (Lipinski definition) is 1. The van der Waals surface area contributed by atoms with Gasteiger partial charge < -0.3 is 10.1 Å². The molecule has 78 valence electrons. The number of ether oxygens (including phenoxy) is 1. The van der Waals surface area contributed by atoms with Crippen LogP contribution in [0.1, 0.15) is 17.7 Å². The third kappa shape index (κ3) is 3.05. The van der Waals surface area contributed by atoms with Gasteiger partial charge in [-0.15, -0.1) is 11.3 Å². The lowest BCUT2D eigenvalue weighted by Gasteiger charge is -2.09. The van der Waals surface area contributed by atoms with Gasteiger partial charge in [0, 0.05) is 10.9 Å². The van der Waals surface area contributed by atoms with Gasteiger partial charge in [0.15, 0.2) is 0 Å². The molecule has 0 radical (unpaired) electrons. The molecule has 0 spiro atoms. The van der Waals surface area contributed by atoms with E-state index in [0.717, 1.165) is 19.8 Å². The Labute approximate surface area is 96.8 Å². The van der Waals surface area contributed by atoms with Gasteiger partial charge in [0.05, 0.1) is 17.0 Å². The molecule has 1 atom stereocenters. The van der Waals surface area contributed by atoms with Gasteiger partial charge in [-0.2, -0.15) is 0 Å². The smallest absolute Gasteiger partial charge is 0.0810 e. The minimum absolute atomic E-state index is 0.582. The maximum Gasteiger partial charge on any atom is 0.0810 e. The molecule has 0 saturated carbocycles. The van der Waals surface area contributed by atoms with E-state index >= 15 is 0 Å². The van der Waals surface area contributed by atoms with Crippen molar-refractivity contribution in [1.29, 1.82) is 0 Å². The van der Waals surface area contributed by atoms with E-state index in [-0.39, 0.29) is 0 Å². The first-order chi connectivity index (χ1) is 6.84. The highest BCUT2D eigenvalue weighted by atomic mass is 79.9. The zero-order chi connectivity index (χ0) is 9.80. The minimum Gasteiger partial charge on any atom is -0.374 e. The van der Waals surface area contributed by atoms with Crippen molar-refractivity contribution in [3.05, 3.63) is 20.8 Å². The Hall–Kier alpha value is 0.1000. The summed E-state index contributed by atoms with van der Waals surface area (Å²) < 4.78 is 6.82. The molecule has 0 bridgehead atoms. The van der Waals surface area contributed by atoms with E-state index in [1.54, 1.807) is 11.3 Å².